The molecule has 1 heterocycles. The van der Waals surface area contributed by atoms with Gasteiger partial charge >= 0.3 is 0 Å². The summed E-state index contributed by atoms with van der Waals surface area (Å²) in [6.45, 7) is 0. The van der Waals surface area contributed by atoms with Crippen LogP contribution in [0.25, 0.3) is 17.5 Å². The highest BCUT2D eigenvalue weighted by Gasteiger charge is 2.10. The number of rotatable bonds is 4. The van der Waals surface area contributed by atoms with Crippen LogP contribution in [0.4, 0.5) is 0 Å². The molecule has 3 rings (SSSR count). The molecule has 24 heavy (non-hydrogen) atoms. The van der Waals surface area contributed by atoms with Crippen LogP contribution in [0.15, 0.2) is 69.2 Å². The monoisotopic (exact) mass is 418 g/mol. The molecule has 0 fully saturated rings. The van der Waals surface area contributed by atoms with Gasteiger partial charge in [-0.3, -0.25) is 0 Å². The molecule has 0 unspecified atom stereocenters. The van der Waals surface area contributed by atoms with E-state index in [0.29, 0.717) is 15.6 Å². The fourth-order valence-corrected chi connectivity index (χ4v) is 2.89. The average Bonchev–Trinajstić information content (AvgIpc) is 2.95. The van der Waals surface area contributed by atoms with Crippen LogP contribution in [0.1, 0.15) is 5.56 Å². The summed E-state index contributed by atoms with van der Waals surface area (Å²) in [7, 11) is 0. The van der Waals surface area contributed by atoms with E-state index in [2.05, 4.69) is 31.2 Å². The normalized spacial score (nSPS) is 12.0. The van der Waals surface area contributed by atoms with Gasteiger partial charge in [0.25, 0.3) is 0 Å². The second-order valence-corrected chi connectivity index (χ2v) is 6.51. The number of nitrogens with one attached hydrogen (secondary N) is 1. The van der Waals surface area contributed by atoms with Gasteiger partial charge in [-0.15, -0.1) is 0 Å². The first-order valence-electron chi connectivity index (χ1n) is 7.04. The van der Waals surface area contributed by atoms with E-state index in [-0.39, 0.29) is 0 Å². The van der Waals surface area contributed by atoms with Gasteiger partial charge < -0.3 is 0 Å². The number of aromatic nitrogens is 3. The van der Waals surface area contributed by atoms with Crippen molar-refractivity contribution >= 4 is 52.0 Å². The molecule has 7 heteroatoms. The van der Waals surface area contributed by atoms with Crippen LogP contribution < -0.4 is 0 Å². The second kappa shape index (κ2) is 7.70. The largest absolute Gasteiger partial charge is 0.250 e. The van der Waals surface area contributed by atoms with Crippen LogP contribution in [0, 0.1) is 4.77 Å². The van der Waals surface area contributed by atoms with E-state index in [1.807, 2.05) is 60.7 Å². The average molecular weight is 420 g/mol. The molecule has 3 aromatic rings. The number of hydrogen-bond acceptors (Lipinski definition) is 3. The molecule has 0 atom stereocenters. The molecule has 120 valence electrons. The van der Waals surface area contributed by atoms with E-state index in [1.165, 1.54) is 4.68 Å². The predicted octanol–water partition coefficient (Wildman–Crippen LogP) is 5.48. The van der Waals surface area contributed by atoms with Crippen molar-refractivity contribution in [3.05, 3.63) is 74.4 Å². The Morgan fingerprint density at radius 1 is 1.17 bits per heavy atom. The molecular weight excluding hydrogens is 408 g/mol. The molecule has 0 aliphatic rings. The minimum Gasteiger partial charge on any atom is -0.250 e. The van der Waals surface area contributed by atoms with E-state index >= 15 is 0 Å². The van der Waals surface area contributed by atoms with Crippen molar-refractivity contribution < 1.29 is 0 Å². The summed E-state index contributed by atoms with van der Waals surface area (Å²) in [5.41, 5.74) is 1.88. The van der Waals surface area contributed by atoms with Gasteiger partial charge in [0.15, 0.2) is 5.82 Å². The quantitative estimate of drug-likeness (QED) is 0.449. The van der Waals surface area contributed by atoms with Gasteiger partial charge in [-0.25, -0.2) is 5.10 Å². The van der Waals surface area contributed by atoms with Crippen molar-refractivity contribution in [3.8, 4) is 11.4 Å². The summed E-state index contributed by atoms with van der Waals surface area (Å²) in [6.07, 6.45) is 3.37. The van der Waals surface area contributed by atoms with Gasteiger partial charge in [0.05, 0.1) is 11.2 Å². The predicted molar refractivity (Wildman–Crippen MR) is 105 cm³/mol. The first kappa shape index (κ1) is 16.8. The highest BCUT2D eigenvalue weighted by molar-refractivity contribution is 9.10. The first-order valence-corrected chi connectivity index (χ1v) is 8.62. The number of hydrogen-bond donors (Lipinski definition) is 1. The molecule has 0 radical (unpaired) electrons. The maximum Gasteiger partial charge on any atom is 0.216 e. The Kier molecular flexibility index (Phi) is 5.40. The molecule has 1 N–H and O–H groups in total. The Labute approximate surface area is 157 Å². The standard InChI is InChI=1S/C17H12BrClN4S/c18-15-9-5-4-8-14(15)16-21-22-17(24)23(16)20-11-13(19)10-12-6-2-1-3-7-12/h1-11H,(H,22,24)/b13-10-,20-11-. The Morgan fingerprint density at radius 3 is 2.62 bits per heavy atom. The van der Waals surface area contributed by atoms with Crippen molar-refractivity contribution in [2.75, 3.05) is 0 Å². The number of aromatic amines is 1. The summed E-state index contributed by atoms with van der Waals surface area (Å²) in [5, 5.41) is 11.8. The molecule has 1 aromatic heterocycles. The van der Waals surface area contributed by atoms with Crippen molar-refractivity contribution in [2.45, 2.75) is 0 Å². The molecule has 0 spiro atoms. The SMILES string of the molecule is S=c1[nH]nc(-c2ccccc2Br)n1/N=C\C(Cl)=C\c1ccccc1. The maximum absolute atomic E-state index is 6.24. The van der Waals surface area contributed by atoms with E-state index in [9.17, 15) is 0 Å². The molecular formula is C17H12BrClN4S. The van der Waals surface area contributed by atoms with Crippen LogP contribution in [-0.4, -0.2) is 21.1 Å². The van der Waals surface area contributed by atoms with Gasteiger partial charge in [0.2, 0.25) is 4.77 Å². The Morgan fingerprint density at radius 2 is 1.88 bits per heavy atom. The lowest BCUT2D eigenvalue weighted by Gasteiger charge is -2.03. The van der Waals surface area contributed by atoms with Crippen molar-refractivity contribution in [3.63, 3.8) is 0 Å². The minimum absolute atomic E-state index is 0.390. The summed E-state index contributed by atoms with van der Waals surface area (Å²) < 4.78 is 2.83. The summed E-state index contributed by atoms with van der Waals surface area (Å²) in [6, 6.07) is 17.5. The minimum atomic E-state index is 0.390. The highest BCUT2D eigenvalue weighted by Crippen LogP contribution is 2.26. The van der Waals surface area contributed by atoms with E-state index in [1.54, 1.807) is 6.21 Å². The zero-order valence-electron chi connectivity index (χ0n) is 12.4. The lowest BCUT2D eigenvalue weighted by molar-refractivity contribution is 0.871. The van der Waals surface area contributed by atoms with Crippen LogP contribution >= 0.6 is 39.7 Å². The van der Waals surface area contributed by atoms with Crippen molar-refractivity contribution in [2.24, 2.45) is 5.10 Å². The molecule has 0 bridgehead atoms. The second-order valence-electron chi connectivity index (χ2n) is 4.83. The Bertz CT molecular complexity index is 960. The highest BCUT2D eigenvalue weighted by atomic mass is 79.9. The Balaban J connectivity index is 1.94. The van der Waals surface area contributed by atoms with Crippen LogP contribution in [0.5, 0.6) is 0 Å². The summed E-state index contributed by atoms with van der Waals surface area (Å²) >= 11 is 15.0. The fraction of sp³-hybridized carbons (Fsp3) is 0. The third-order valence-corrected chi connectivity index (χ3v) is 4.33. The number of allylic oxidation sites excluding steroid dienone is 1. The van der Waals surface area contributed by atoms with Gasteiger partial charge in [-0.05, 0) is 36.0 Å². The van der Waals surface area contributed by atoms with Gasteiger partial charge in [0, 0.05) is 10.0 Å². The lowest BCUT2D eigenvalue weighted by Crippen LogP contribution is -1.95. The Hall–Kier alpha value is -2.02. The number of H-pyrrole nitrogens is 1. The molecule has 0 saturated heterocycles. The van der Waals surface area contributed by atoms with Gasteiger partial charge in [-0.1, -0.05) is 70.0 Å². The molecule has 0 aliphatic carbocycles. The first-order chi connectivity index (χ1) is 11.6. The maximum atomic E-state index is 6.24. The van der Waals surface area contributed by atoms with Crippen LogP contribution in [-0.2, 0) is 0 Å². The van der Waals surface area contributed by atoms with Crippen molar-refractivity contribution in [1.82, 2.24) is 14.9 Å². The third kappa shape index (κ3) is 3.90. The van der Waals surface area contributed by atoms with Gasteiger partial charge in [0.1, 0.15) is 0 Å². The zero-order valence-corrected chi connectivity index (χ0v) is 15.5. The number of nitrogens with zero attached hydrogens (tertiary/aromatic N) is 3. The van der Waals surface area contributed by atoms with Gasteiger partial charge in [-0.2, -0.15) is 14.9 Å². The molecule has 0 aliphatic heterocycles. The van der Waals surface area contributed by atoms with E-state index in [4.69, 9.17) is 23.8 Å². The van der Waals surface area contributed by atoms with Crippen molar-refractivity contribution in [1.29, 1.82) is 0 Å². The lowest BCUT2D eigenvalue weighted by atomic mass is 10.2. The number of halogens is 2. The number of benzene rings is 2. The molecule has 4 nitrogen and oxygen atoms in total. The smallest absolute Gasteiger partial charge is 0.216 e. The summed E-state index contributed by atoms with van der Waals surface area (Å²) in [5.74, 6) is 0.605. The van der Waals surface area contributed by atoms with E-state index in [0.717, 1.165) is 15.6 Å². The topological polar surface area (TPSA) is 46.0 Å². The van der Waals surface area contributed by atoms with Crippen LogP contribution in [0.2, 0.25) is 0 Å². The zero-order chi connectivity index (χ0) is 16.9. The molecule has 2 aromatic carbocycles. The fourth-order valence-electron chi connectivity index (χ4n) is 2.07. The third-order valence-electron chi connectivity index (χ3n) is 3.17. The summed E-state index contributed by atoms with van der Waals surface area (Å²) in [4.78, 5) is 0. The van der Waals surface area contributed by atoms with Crippen LogP contribution in [0.3, 0.4) is 0 Å². The van der Waals surface area contributed by atoms with E-state index < -0.39 is 0 Å². The molecule has 0 amide bonds. The molecule has 0 saturated carbocycles.